The van der Waals surface area contributed by atoms with Crippen molar-refractivity contribution in [3.8, 4) is 5.75 Å². The number of fused-ring (bicyclic) bond motifs is 1. The number of hydrogen-bond donors (Lipinski definition) is 1. The largest absolute Gasteiger partial charge is 0.508 e. The number of benzene rings is 2. The van der Waals surface area contributed by atoms with E-state index in [4.69, 9.17) is 0 Å². The average molecular weight is 520 g/mol. The number of aromatic nitrogens is 1. The van der Waals surface area contributed by atoms with Crippen LogP contribution in [0.4, 0.5) is 5.69 Å². The smallest absolute Gasteiger partial charge is 0.223 e. The third-order valence-electron chi connectivity index (χ3n) is 7.41. The standard InChI is InChI=1S/C32H45N3O3/c1-5-6-21-33(4)31(38)18-12-7-8-13-22-35(26(3)36)32-25(2)34(30-20-19-28(37)24-29(30)32)23-14-17-27-15-10-9-11-16-27/h9-11,15-16,19-20,24,37H,5-8,12-14,17-18,21-23H2,1-4H3. The van der Waals surface area contributed by atoms with Crippen LogP contribution in [0.2, 0.25) is 0 Å². The number of carbonyl (C=O) groups excluding carboxylic acids is 2. The molecule has 1 aromatic heterocycles. The molecule has 0 bridgehead atoms. The van der Waals surface area contributed by atoms with Crippen LogP contribution in [0.1, 0.15) is 76.5 Å². The molecule has 2 aromatic carbocycles. The van der Waals surface area contributed by atoms with E-state index in [1.54, 1.807) is 19.1 Å². The zero-order chi connectivity index (χ0) is 27.5. The summed E-state index contributed by atoms with van der Waals surface area (Å²) in [6.07, 6.45) is 8.39. The van der Waals surface area contributed by atoms with Gasteiger partial charge in [0.05, 0.1) is 11.2 Å². The zero-order valence-corrected chi connectivity index (χ0v) is 23.7. The van der Waals surface area contributed by atoms with E-state index in [-0.39, 0.29) is 17.6 Å². The third-order valence-corrected chi connectivity index (χ3v) is 7.41. The number of unbranched alkanes of at least 4 members (excludes halogenated alkanes) is 4. The highest BCUT2D eigenvalue weighted by atomic mass is 16.3. The third kappa shape index (κ3) is 7.86. The number of hydrogen-bond acceptors (Lipinski definition) is 3. The maximum Gasteiger partial charge on any atom is 0.223 e. The monoisotopic (exact) mass is 519 g/mol. The van der Waals surface area contributed by atoms with Crippen molar-refractivity contribution in [3.63, 3.8) is 0 Å². The number of aryl methyl sites for hydroxylation is 2. The van der Waals surface area contributed by atoms with Crippen molar-refractivity contribution in [2.45, 2.75) is 85.1 Å². The molecule has 0 aliphatic carbocycles. The fraction of sp³-hybridized carbons (Fsp3) is 0.500. The highest BCUT2D eigenvalue weighted by molar-refractivity contribution is 6.04. The topological polar surface area (TPSA) is 65.8 Å². The molecule has 0 atom stereocenters. The lowest BCUT2D eigenvalue weighted by molar-refractivity contribution is -0.130. The van der Waals surface area contributed by atoms with Crippen LogP contribution in [0.5, 0.6) is 5.75 Å². The van der Waals surface area contributed by atoms with Gasteiger partial charge in [0.2, 0.25) is 11.8 Å². The van der Waals surface area contributed by atoms with Gasteiger partial charge in [-0.1, -0.05) is 56.5 Å². The van der Waals surface area contributed by atoms with Gasteiger partial charge in [-0.15, -0.1) is 0 Å². The van der Waals surface area contributed by atoms with Crippen LogP contribution in [-0.2, 0) is 22.6 Å². The van der Waals surface area contributed by atoms with Crippen molar-refractivity contribution in [1.82, 2.24) is 9.47 Å². The van der Waals surface area contributed by atoms with E-state index < -0.39 is 0 Å². The summed E-state index contributed by atoms with van der Waals surface area (Å²) in [5.74, 6) is 0.434. The first kappa shape index (κ1) is 29.3. The summed E-state index contributed by atoms with van der Waals surface area (Å²) in [7, 11) is 1.89. The average Bonchev–Trinajstić information content (AvgIpc) is 3.17. The van der Waals surface area contributed by atoms with Crippen molar-refractivity contribution in [2.75, 3.05) is 25.0 Å². The van der Waals surface area contributed by atoms with E-state index in [0.29, 0.717) is 13.0 Å². The second-order valence-electron chi connectivity index (χ2n) is 10.4. The Labute approximate surface area is 228 Å². The number of rotatable bonds is 15. The molecule has 1 N–H and O–H groups in total. The highest BCUT2D eigenvalue weighted by Gasteiger charge is 2.22. The molecule has 0 unspecified atom stereocenters. The SMILES string of the molecule is CCCCN(C)C(=O)CCCCCCN(C(C)=O)c1c(C)n(CCCc2ccccc2)c2ccc(O)cc12. The van der Waals surface area contributed by atoms with E-state index in [1.165, 1.54) is 5.56 Å². The van der Waals surface area contributed by atoms with Crippen molar-refractivity contribution in [1.29, 1.82) is 0 Å². The summed E-state index contributed by atoms with van der Waals surface area (Å²) in [5.41, 5.74) is 4.31. The van der Waals surface area contributed by atoms with Crippen LogP contribution >= 0.6 is 0 Å². The quantitative estimate of drug-likeness (QED) is 0.223. The minimum Gasteiger partial charge on any atom is -0.508 e. The van der Waals surface area contributed by atoms with Crippen LogP contribution < -0.4 is 4.90 Å². The minimum atomic E-state index is 0.00695. The van der Waals surface area contributed by atoms with Gasteiger partial charge in [-0.05, 0) is 62.8 Å². The Bertz CT molecular complexity index is 1190. The summed E-state index contributed by atoms with van der Waals surface area (Å²) >= 11 is 0. The molecular formula is C32H45N3O3. The molecule has 6 heteroatoms. The maximum absolute atomic E-state index is 12.8. The molecule has 6 nitrogen and oxygen atoms in total. The predicted octanol–water partition coefficient (Wildman–Crippen LogP) is 6.85. The molecular weight excluding hydrogens is 474 g/mol. The van der Waals surface area contributed by atoms with Gasteiger partial charge >= 0.3 is 0 Å². The summed E-state index contributed by atoms with van der Waals surface area (Å²) < 4.78 is 2.28. The van der Waals surface area contributed by atoms with Crippen LogP contribution in [0.3, 0.4) is 0 Å². The van der Waals surface area contributed by atoms with Gasteiger partial charge in [0.25, 0.3) is 0 Å². The Morgan fingerprint density at radius 3 is 2.37 bits per heavy atom. The summed E-state index contributed by atoms with van der Waals surface area (Å²) in [4.78, 5) is 28.8. The lowest BCUT2D eigenvalue weighted by Gasteiger charge is -2.22. The second kappa shape index (κ2) is 14.6. The molecule has 38 heavy (non-hydrogen) atoms. The van der Waals surface area contributed by atoms with Crippen LogP contribution in [0.15, 0.2) is 48.5 Å². The Kier molecular flexibility index (Phi) is 11.3. The summed E-state index contributed by atoms with van der Waals surface area (Å²) in [6, 6.07) is 15.9. The van der Waals surface area contributed by atoms with Gasteiger partial charge in [-0.2, -0.15) is 0 Å². The van der Waals surface area contributed by atoms with Gasteiger partial charge in [-0.25, -0.2) is 0 Å². The van der Waals surface area contributed by atoms with Crippen molar-refractivity contribution in [2.24, 2.45) is 0 Å². The maximum atomic E-state index is 12.8. The number of anilines is 1. The molecule has 2 amide bonds. The summed E-state index contributed by atoms with van der Waals surface area (Å²) in [5, 5.41) is 11.2. The van der Waals surface area contributed by atoms with Crippen LogP contribution in [-0.4, -0.2) is 46.5 Å². The van der Waals surface area contributed by atoms with Crippen LogP contribution in [0, 0.1) is 6.92 Å². The molecule has 0 fully saturated rings. The zero-order valence-electron chi connectivity index (χ0n) is 23.7. The molecule has 0 radical (unpaired) electrons. The lowest BCUT2D eigenvalue weighted by Crippen LogP contribution is -2.30. The Morgan fingerprint density at radius 1 is 0.921 bits per heavy atom. The fourth-order valence-electron chi connectivity index (χ4n) is 5.20. The van der Waals surface area contributed by atoms with E-state index >= 15 is 0 Å². The Hall–Kier alpha value is -3.28. The highest BCUT2D eigenvalue weighted by Crippen LogP contribution is 2.36. The van der Waals surface area contributed by atoms with E-state index in [1.807, 2.05) is 29.0 Å². The minimum absolute atomic E-state index is 0.00695. The molecule has 0 aliphatic heterocycles. The number of phenols is 1. The van der Waals surface area contributed by atoms with Crippen molar-refractivity contribution in [3.05, 3.63) is 59.8 Å². The number of carbonyl (C=O) groups is 2. The fourth-order valence-corrected chi connectivity index (χ4v) is 5.20. The van der Waals surface area contributed by atoms with E-state index in [9.17, 15) is 14.7 Å². The van der Waals surface area contributed by atoms with Gasteiger partial charge in [0, 0.05) is 51.1 Å². The second-order valence-corrected chi connectivity index (χ2v) is 10.4. The van der Waals surface area contributed by atoms with Gasteiger partial charge in [-0.3, -0.25) is 9.59 Å². The first-order valence-electron chi connectivity index (χ1n) is 14.2. The lowest BCUT2D eigenvalue weighted by atomic mass is 10.1. The van der Waals surface area contributed by atoms with Gasteiger partial charge < -0.3 is 19.5 Å². The number of nitrogens with zero attached hydrogens (tertiary/aromatic N) is 3. The molecule has 0 saturated heterocycles. The normalized spacial score (nSPS) is 11.2. The van der Waals surface area contributed by atoms with Crippen molar-refractivity contribution >= 4 is 28.4 Å². The van der Waals surface area contributed by atoms with Crippen molar-refractivity contribution < 1.29 is 14.7 Å². The Balaban J connectivity index is 1.64. The predicted molar refractivity (Wildman–Crippen MR) is 157 cm³/mol. The van der Waals surface area contributed by atoms with Crippen LogP contribution in [0.25, 0.3) is 10.9 Å². The molecule has 3 rings (SSSR count). The molecule has 3 aromatic rings. The number of aromatic hydroxyl groups is 1. The van der Waals surface area contributed by atoms with Gasteiger partial charge in [0.1, 0.15) is 5.75 Å². The first-order chi connectivity index (χ1) is 18.3. The first-order valence-corrected chi connectivity index (χ1v) is 14.2. The van der Waals surface area contributed by atoms with Gasteiger partial charge in [0.15, 0.2) is 0 Å². The van der Waals surface area contributed by atoms with E-state index in [0.717, 1.165) is 86.7 Å². The molecule has 206 valence electrons. The summed E-state index contributed by atoms with van der Waals surface area (Å²) in [6.45, 7) is 8.12. The Morgan fingerprint density at radius 2 is 1.66 bits per heavy atom. The number of amides is 2. The molecule has 1 heterocycles. The molecule has 0 aliphatic rings. The number of phenolic OH excluding ortho intramolecular Hbond substituents is 1. The molecule has 0 saturated carbocycles. The molecule has 0 spiro atoms. The van der Waals surface area contributed by atoms with E-state index in [2.05, 4.69) is 42.7 Å².